The molecule has 0 N–H and O–H groups in total. The molecule has 1 aliphatic rings. The van der Waals surface area contributed by atoms with E-state index in [-0.39, 0.29) is 16.9 Å². The van der Waals surface area contributed by atoms with Gasteiger partial charge in [0.05, 0.1) is 16.1 Å². The summed E-state index contributed by atoms with van der Waals surface area (Å²) in [6.45, 7) is 2.46. The van der Waals surface area contributed by atoms with Crippen LogP contribution in [0.5, 0.6) is 5.75 Å². The van der Waals surface area contributed by atoms with E-state index in [1.165, 1.54) is 36.4 Å². The van der Waals surface area contributed by atoms with Crippen LogP contribution < -0.4 is 4.74 Å². The molecule has 11 heteroatoms. The fourth-order valence-corrected chi connectivity index (χ4v) is 4.12. The number of nitro groups is 1. The Labute approximate surface area is 222 Å². The summed E-state index contributed by atoms with van der Waals surface area (Å²) in [7, 11) is 0. The standard InChI is InChI=1S/C28H22N2O9/c1-16(2)24(29-25(32)20-9-6-10-21(30(36)37)23(20)26(29)33)28(35)38-15-22(31)17-11-13-19(14-12-17)39-27(34)18-7-4-3-5-8-18/h3-14,16,24H,15H2,1-2H3/t24-/m0/s1. The van der Waals surface area contributed by atoms with Crippen molar-refractivity contribution in [1.82, 2.24) is 4.90 Å². The summed E-state index contributed by atoms with van der Waals surface area (Å²) in [4.78, 5) is 75.0. The van der Waals surface area contributed by atoms with E-state index >= 15 is 0 Å². The average Bonchev–Trinajstić information content (AvgIpc) is 3.17. The Kier molecular flexibility index (Phi) is 7.61. The van der Waals surface area contributed by atoms with Gasteiger partial charge in [0, 0.05) is 11.6 Å². The van der Waals surface area contributed by atoms with Gasteiger partial charge in [-0.3, -0.25) is 29.4 Å². The van der Waals surface area contributed by atoms with Crippen molar-refractivity contribution < 1.29 is 38.4 Å². The molecule has 1 atom stereocenters. The van der Waals surface area contributed by atoms with Gasteiger partial charge in [0.15, 0.2) is 12.4 Å². The van der Waals surface area contributed by atoms with Gasteiger partial charge in [-0.1, -0.05) is 38.1 Å². The lowest BCUT2D eigenvalue weighted by molar-refractivity contribution is -0.385. The first-order valence-corrected chi connectivity index (χ1v) is 11.8. The van der Waals surface area contributed by atoms with E-state index in [0.29, 0.717) is 10.5 Å². The minimum absolute atomic E-state index is 0.166. The van der Waals surface area contributed by atoms with E-state index < -0.39 is 64.3 Å². The molecule has 0 aliphatic carbocycles. The monoisotopic (exact) mass is 530 g/mol. The number of nitrogens with zero attached hydrogens (tertiary/aromatic N) is 2. The number of hydrogen-bond acceptors (Lipinski definition) is 9. The molecule has 0 aromatic heterocycles. The van der Waals surface area contributed by atoms with Crippen LogP contribution in [0.3, 0.4) is 0 Å². The molecule has 3 aromatic carbocycles. The molecule has 11 nitrogen and oxygen atoms in total. The Morgan fingerprint density at radius 2 is 1.54 bits per heavy atom. The van der Waals surface area contributed by atoms with E-state index in [2.05, 4.69) is 0 Å². The highest BCUT2D eigenvalue weighted by Gasteiger charge is 2.48. The first kappa shape index (κ1) is 26.9. The number of benzene rings is 3. The molecule has 39 heavy (non-hydrogen) atoms. The van der Waals surface area contributed by atoms with Gasteiger partial charge in [-0.05, 0) is 48.4 Å². The predicted octanol–water partition coefficient (Wildman–Crippen LogP) is 3.86. The smallest absolute Gasteiger partial charge is 0.343 e. The van der Waals surface area contributed by atoms with Crippen LogP contribution in [0.15, 0.2) is 72.8 Å². The van der Waals surface area contributed by atoms with Gasteiger partial charge in [-0.25, -0.2) is 9.59 Å². The zero-order valence-corrected chi connectivity index (χ0v) is 20.9. The summed E-state index contributed by atoms with van der Waals surface area (Å²) in [5.74, 6) is -4.41. The number of hydrogen-bond donors (Lipinski definition) is 0. The molecule has 2 amide bonds. The van der Waals surface area contributed by atoms with Gasteiger partial charge in [0.25, 0.3) is 17.5 Å². The van der Waals surface area contributed by atoms with Crippen LogP contribution in [0.1, 0.15) is 55.3 Å². The van der Waals surface area contributed by atoms with Crippen LogP contribution in [0.2, 0.25) is 0 Å². The topological polar surface area (TPSA) is 150 Å². The normalized spacial score (nSPS) is 13.2. The van der Waals surface area contributed by atoms with Crippen molar-refractivity contribution in [1.29, 1.82) is 0 Å². The second-order valence-electron chi connectivity index (χ2n) is 8.94. The van der Waals surface area contributed by atoms with Crippen molar-refractivity contribution in [3.63, 3.8) is 0 Å². The highest BCUT2D eigenvalue weighted by Crippen LogP contribution is 2.33. The van der Waals surface area contributed by atoms with Crippen LogP contribution in [-0.4, -0.2) is 52.0 Å². The molecule has 0 bridgehead atoms. The van der Waals surface area contributed by atoms with Crippen molar-refractivity contribution in [2.45, 2.75) is 19.9 Å². The fourth-order valence-electron chi connectivity index (χ4n) is 4.12. The van der Waals surface area contributed by atoms with Crippen LogP contribution in [0, 0.1) is 16.0 Å². The third-order valence-electron chi connectivity index (χ3n) is 6.01. The van der Waals surface area contributed by atoms with Crippen LogP contribution in [-0.2, 0) is 9.53 Å². The summed E-state index contributed by atoms with van der Waals surface area (Å²) in [6, 6.07) is 16.2. The largest absolute Gasteiger partial charge is 0.456 e. The summed E-state index contributed by atoms with van der Waals surface area (Å²) < 4.78 is 10.4. The van der Waals surface area contributed by atoms with Crippen molar-refractivity contribution in [2.75, 3.05) is 6.61 Å². The maximum absolute atomic E-state index is 13.0. The number of ether oxygens (including phenoxy) is 2. The van der Waals surface area contributed by atoms with E-state index in [1.807, 2.05) is 0 Å². The number of amides is 2. The Balaban J connectivity index is 1.42. The Bertz CT molecular complexity index is 1480. The molecule has 1 heterocycles. The number of nitro benzene ring substituents is 1. The van der Waals surface area contributed by atoms with Gasteiger partial charge < -0.3 is 9.47 Å². The second-order valence-corrected chi connectivity index (χ2v) is 8.94. The van der Waals surface area contributed by atoms with Crippen LogP contribution >= 0.6 is 0 Å². The molecule has 0 unspecified atom stereocenters. The quantitative estimate of drug-likeness (QED) is 0.100. The predicted molar refractivity (Wildman–Crippen MR) is 135 cm³/mol. The molecule has 0 saturated heterocycles. The third kappa shape index (κ3) is 5.42. The summed E-state index contributed by atoms with van der Waals surface area (Å²) in [5.41, 5.74) is -0.596. The number of imide groups is 1. The van der Waals surface area contributed by atoms with Crippen molar-refractivity contribution in [3.8, 4) is 5.75 Å². The summed E-state index contributed by atoms with van der Waals surface area (Å²) in [5, 5.41) is 11.4. The van der Waals surface area contributed by atoms with E-state index in [1.54, 1.807) is 44.2 Å². The number of Topliss-reactive ketones (excluding diaryl/α,β-unsaturated/α-hetero) is 1. The number of esters is 2. The van der Waals surface area contributed by atoms with Gasteiger partial charge in [0.2, 0.25) is 0 Å². The first-order valence-electron chi connectivity index (χ1n) is 11.8. The molecule has 0 saturated carbocycles. The van der Waals surface area contributed by atoms with Gasteiger partial charge in [-0.15, -0.1) is 0 Å². The molecule has 0 radical (unpaired) electrons. The molecule has 1 aliphatic heterocycles. The van der Waals surface area contributed by atoms with Gasteiger partial charge in [-0.2, -0.15) is 0 Å². The fraction of sp³-hybridized carbons (Fsp3) is 0.179. The molecular weight excluding hydrogens is 508 g/mol. The average molecular weight is 530 g/mol. The maximum atomic E-state index is 13.0. The van der Waals surface area contributed by atoms with Crippen molar-refractivity contribution >= 4 is 35.2 Å². The molecule has 3 aromatic rings. The zero-order valence-electron chi connectivity index (χ0n) is 20.9. The third-order valence-corrected chi connectivity index (χ3v) is 6.01. The molecule has 0 spiro atoms. The number of fused-ring (bicyclic) bond motifs is 1. The SMILES string of the molecule is CC(C)[C@@H](C(=O)OCC(=O)c1ccc(OC(=O)c2ccccc2)cc1)N1C(=O)c2cccc([N+](=O)[O-])c2C1=O. The zero-order chi connectivity index (χ0) is 28.3. The molecule has 198 valence electrons. The number of rotatable bonds is 9. The Morgan fingerprint density at radius 1 is 0.872 bits per heavy atom. The van der Waals surface area contributed by atoms with Gasteiger partial charge in [0.1, 0.15) is 17.4 Å². The van der Waals surface area contributed by atoms with Crippen molar-refractivity contribution in [2.24, 2.45) is 5.92 Å². The highest BCUT2D eigenvalue weighted by molar-refractivity contribution is 6.24. The Hall–Kier alpha value is -5.19. The lowest BCUT2D eigenvalue weighted by Gasteiger charge is -2.27. The molecule has 4 rings (SSSR count). The van der Waals surface area contributed by atoms with Crippen molar-refractivity contribution in [3.05, 3.63) is 105 Å². The first-order chi connectivity index (χ1) is 18.6. The summed E-state index contributed by atoms with van der Waals surface area (Å²) in [6.07, 6.45) is 0. The molecule has 0 fully saturated rings. The lowest BCUT2D eigenvalue weighted by Crippen LogP contribution is -2.49. The number of carbonyl (C=O) groups excluding carboxylic acids is 5. The lowest BCUT2D eigenvalue weighted by atomic mass is 10.0. The Morgan fingerprint density at radius 3 is 2.15 bits per heavy atom. The highest BCUT2D eigenvalue weighted by atomic mass is 16.6. The second kappa shape index (κ2) is 11.1. The van der Waals surface area contributed by atoms with Gasteiger partial charge >= 0.3 is 11.9 Å². The minimum atomic E-state index is -1.41. The van der Waals surface area contributed by atoms with Crippen LogP contribution in [0.25, 0.3) is 0 Å². The number of carbonyl (C=O) groups is 5. The minimum Gasteiger partial charge on any atom is -0.456 e. The maximum Gasteiger partial charge on any atom is 0.343 e. The van der Waals surface area contributed by atoms with E-state index in [9.17, 15) is 34.1 Å². The summed E-state index contributed by atoms with van der Waals surface area (Å²) >= 11 is 0. The number of ketones is 1. The van der Waals surface area contributed by atoms with Crippen LogP contribution in [0.4, 0.5) is 5.69 Å². The molecular formula is C28H22N2O9. The van der Waals surface area contributed by atoms with E-state index in [4.69, 9.17) is 9.47 Å². The van der Waals surface area contributed by atoms with E-state index in [0.717, 1.165) is 6.07 Å².